The topological polar surface area (TPSA) is 78.3 Å². The van der Waals surface area contributed by atoms with E-state index in [0.29, 0.717) is 25.5 Å². The zero-order valence-electron chi connectivity index (χ0n) is 9.87. The predicted octanol–water partition coefficient (Wildman–Crippen LogP) is 1.03. The molecule has 0 bridgehead atoms. The lowest BCUT2D eigenvalue weighted by atomic mass is 10.1. The van der Waals surface area contributed by atoms with Gasteiger partial charge in [-0.2, -0.15) is 0 Å². The van der Waals surface area contributed by atoms with Crippen LogP contribution in [0.15, 0.2) is 0 Å². The van der Waals surface area contributed by atoms with Crippen LogP contribution in [0.25, 0.3) is 0 Å². The van der Waals surface area contributed by atoms with Crippen LogP contribution in [0.2, 0.25) is 0 Å². The van der Waals surface area contributed by atoms with Crippen molar-refractivity contribution in [1.29, 1.82) is 0 Å². The van der Waals surface area contributed by atoms with Gasteiger partial charge < -0.3 is 16.2 Å². The van der Waals surface area contributed by atoms with Gasteiger partial charge in [0, 0.05) is 0 Å². The molecule has 90 valence electrons. The summed E-state index contributed by atoms with van der Waals surface area (Å²) < 4.78 is 5.05. The molecule has 0 radical (unpaired) electrons. The Balaban J connectivity index is 3.51. The second-order valence-corrected chi connectivity index (χ2v) is 4.24. The molecule has 15 heavy (non-hydrogen) atoms. The number of ether oxygens (including phenoxy) is 1. The van der Waals surface area contributed by atoms with Gasteiger partial charge in [-0.25, -0.2) is 0 Å². The second kappa shape index (κ2) is 8.68. The molecule has 1 unspecified atom stereocenters. The summed E-state index contributed by atoms with van der Waals surface area (Å²) in [4.78, 5) is 11.3. The van der Waals surface area contributed by atoms with E-state index in [2.05, 4.69) is 13.8 Å². The van der Waals surface area contributed by atoms with E-state index in [4.69, 9.17) is 16.2 Å². The van der Waals surface area contributed by atoms with Crippen molar-refractivity contribution in [2.24, 2.45) is 17.4 Å². The van der Waals surface area contributed by atoms with E-state index < -0.39 is 6.04 Å². The van der Waals surface area contributed by atoms with Crippen molar-refractivity contribution in [3.63, 3.8) is 0 Å². The van der Waals surface area contributed by atoms with E-state index in [-0.39, 0.29) is 5.97 Å². The van der Waals surface area contributed by atoms with E-state index in [0.717, 1.165) is 19.3 Å². The van der Waals surface area contributed by atoms with Crippen LogP contribution in [-0.2, 0) is 9.53 Å². The van der Waals surface area contributed by atoms with Crippen molar-refractivity contribution in [3.05, 3.63) is 0 Å². The van der Waals surface area contributed by atoms with Crippen LogP contribution >= 0.6 is 0 Å². The van der Waals surface area contributed by atoms with Gasteiger partial charge in [-0.1, -0.05) is 20.3 Å². The minimum atomic E-state index is -0.483. The number of unbranched alkanes of at least 4 members (excludes halogenated alkanes) is 1. The standard InChI is InChI=1S/C11H24N2O2/c1-9(2)6-8-15-11(14)10(13)5-3-4-7-12/h9-10H,3-8,12-13H2,1-2H3. The van der Waals surface area contributed by atoms with Crippen LogP contribution in [0.1, 0.15) is 39.5 Å². The molecule has 1 atom stereocenters. The molecule has 0 rings (SSSR count). The highest BCUT2D eigenvalue weighted by atomic mass is 16.5. The summed E-state index contributed by atoms with van der Waals surface area (Å²) >= 11 is 0. The number of hydrogen-bond acceptors (Lipinski definition) is 4. The highest BCUT2D eigenvalue weighted by Gasteiger charge is 2.14. The van der Waals surface area contributed by atoms with Gasteiger partial charge in [0.05, 0.1) is 6.61 Å². The second-order valence-electron chi connectivity index (χ2n) is 4.24. The molecular weight excluding hydrogens is 192 g/mol. The van der Waals surface area contributed by atoms with E-state index in [9.17, 15) is 4.79 Å². The number of nitrogens with two attached hydrogens (primary N) is 2. The first-order valence-corrected chi connectivity index (χ1v) is 5.70. The molecule has 0 aliphatic heterocycles. The van der Waals surface area contributed by atoms with Gasteiger partial charge in [-0.15, -0.1) is 0 Å². The van der Waals surface area contributed by atoms with Crippen LogP contribution in [-0.4, -0.2) is 25.2 Å². The molecule has 0 heterocycles. The molecule has 0 saturated heterocycles. The summed E-state index contributed by atoms with van der Waals surface area (Å²) in [7, 11) is 0. The molecule has 0 aromatic rings. The fraction of sp³-hybridized carbons (Fsp3) is 0.909. The fourth-order valence-corrected chi connectivity index (χ4v) is 1.13. The zero-order valence-corrected chi connectivity index (χ0v) is 9.87. The third-order valence-corrected chi connectivity index (χ3v) is 2.21. The maximum absolute atomic E-state index is 11.3. The van der Waals surface area contributed by atoms with Crippen molar-refractivity contribution in [1.82, 2.24) is 0 Å². The summed E-state index contributed by atoms with van der Waals surface area (Å²) in [5, 5.41) is 0. The molecule has 4 nitrogen and oxygen atoms in total. The summed E-state index contributed by atoms with van der Waals surface area (Å²) in [6.45, 7) is 5.31. The Kier molecular flexibility index (Phi) is 8.33. The fourth-order valence-electron chi connectivity index (χ4n) is 1.13. The number of carbonyl (C=O) groups excluding carboxylic acids is 1. The van der Waals surface area contributed by atoms with Crippen LogP contribution in [0.3, 0.4) is 0 Å². The highest BCUT2D eigenvalue weighted by Crippen LogP contribution is 2.03. The molecule has 4 heteroatoms. The molecule has 0 spiro atoms. The Morgan fingerprint density at radius 1 is 1.27 bits per heavy atom. The summed E-state index contributed by atoms with van der Waals surface area (Å²) in [5.41, 5.74) is 11.0. The van der Waals surface area contributed by atoms with Gasteiger partial charge in [-0.05, 0) is 31.7 Å². The van der Waals surface area contributed by atoms with Crippen LogP contribution in [0.5, 0.6) is 0 Å². The quantitative estimate of drug-likeness (QED) is 0.469. The Bertz CT molecular complexity index is 172. The first-order chi connectivity index (χ1) is 7.07. The maximum atomic E-state index is 11.3. The van der Waals surface area contributed by atoms with Crippen LogP contribution < -0.4 is 11.5 Å². The Morgan fingerprint density at radius 2 is 1.93 bits per heavy atom. The van der Waals surface area contributed by atoms with E-state index >= 15 is 0 Å². The zero-order chi connectivity index (χ0) is 11.7. The molecule has 0 fully saturated rings. The Morgan fingerprint density at radius 3 is 2.47 bits per heavy atom. The Hall–Kier alpha value is -0.610. The molecule has 0 aromatic carbocycles. The lowest BCUT2D eigenvalue weighted by Gasteiger charge is -2.11. The minimum absolute atomic E-state index is 0.285. The van der Waals surface area contributed by atoms with Gasteiger partial charge in [0.15, 0.2) is 0 Å². The predicted molar refractivity (Wildman–Crippen MR) is 61.3 cm³/mol. The molecule has 0 saturated carbocycles. The van der Waals surface area contributed by atoms with Crippen LogP contribution in [0.4, 0.5) is 0 Å². The number of rotatable bonds is 8. The van der Waals surface area contributed by atoms with E-state index in [1.165, 1.54) is 0 Å². The molecule has 0 aliphatic carbocycles. The first kappa shape index (κ1) is 14.4. The first-order valence-electron chi connectivity index (χ1n) is 5.70. The largest absolute Gasteiger partial charge is 0.465 e. The molecule has 4 N–H and O–H groups in total. The van der Waals surface area contributed by atoms with Crippen molar-refractivity contribution in [2.75, 3.05) is 13.2 Å². The SMILES string of the molecule is CC(C)CCOC(=O)C(N)CCCCN. The van der Waals surface area contributed by atoms with Crippen molar-refractivity contribution in [3.8, 4) is 0 Å². The molecule has 0 amide bonds. The third kappa shape index (κ3) is 8.39. The van der Waals surface area contributed by atoms with Crippen molar-refractivity contribution >= 4 is 5.97 Å². The lowest BCUT2D eigenvalue weighted by molar-refractivity contribution is -0.145. The number of hydrogen-bond donors (Lipinski definition) is 2. The van der Waals surface area contributed by atoms with Gasteiger partial charge in [-0.3, -0.25) is 4.79 Å². The summed E-state index contributed by atoms with van der Waals surface area (Å²) in [6, 6.07) is -0.483. The highest BCUT2D eigenvalue weighted by molar-refractivity contribution is 5.75. The third-order valence-electron chi connectivity index (χ3n) is 2.21. The monoisotopic (exact) mass is 216 g/mol. The summed E-state index contributed by atoms with van der Waals surface area (Å²) in [6.07, 6.45) is 3.35. The molecule has 0 aromatic heterocycles. The normalized spacial score (nSPS) is 12.9. The molecule has 0 aliphatic rings. The molecular formula is C11H24N2O2. The average molecular weight is 216 g/mol. The van der Waals surface area contributed by atoms with Crippen molar-refractivity contribution in [2.45, 2.75) is 45.6 Å². The number of carbonyl (C=O) groups is 1. The van der Waals surface area contributed by atoms with Crippen molar-refractivity contribution < 1.29 is 9.53 Å². The van der Waals surface area contributed by atoms with Gasteiger partial charge in [0.2, 0.25) is 0 Å². The van der Waals surface area contributed by atoms with E-state index in [1.54, 1.807) is 0 Å². The smallest absolute Gasteiger partial charge is 0.322 e. The van der Waals surface area contributed by atoms with Gasteiger partial charge >= 0.3 is 5.97 Å². The minimum Gasteiger partial charge on any atom is -0.465 e. The van der Waals surface area contributed by atoms with Crippen LogP contribution in [0, 0.1) is 5.92 Å². The number of esters is 1. The average Bonchev–Trinajstić information content (AvgIpc) is 2.17. The van der Waals surface area contributed by atoms with Gasteiger partial charge in [0.25, 0.3) is 0 Å². The van der Waals surface area contributed by atoms with Gasteiger partial charge in [0.1, 0.15) is 6.04 Å². The lowest BCUT2D eigenvalue weighted by Crippen LogP contribution is -2.32. The Labute approximate surface area is 92.3 Å². The van der Waals surface area contributed by atoms with E-state index in [1.807, 2.05) is 0 Å². The summed E-state index contributed by atoms with van der Waals surface area (Å²) in [5.74, 6) is 0.263. The maximum Gasteiger partial charge on any atom is 0.322 e.